The van der Waals surface area contributed by atoms with Gasteiger partial charge in [0.15, 0.2) is 5.96 Å². The minimum Gasteiger partial charge on any atom is -0.469 e. The van der Waals surface area contributed by atoms with Crippen LogP contribution in [-0.2, 0) is 6.42 Å². The van der Waals surface area contributed by atoms with Gasteiger partial charge in [0.25, 0.3) is 0 Å². The Morgan fingerprint density at radius 3 is 2.44 bits per heavy atom. The van der Waals surface area contributed by atoms with Gasteiger partial charge in [0.05, 0.1) is 6.26 Å². The largest absolute Gasteiger partial charge is 0.469 e. The molecule has 2 aromatic rings. The molecule has 1 aromatic carbocycles. The molecule has 0 bridgehead atoms. The SMILES string of the molecule is CN=C(NCCc1ccco1)NCC(Nc1ccccc1)C(C)C.I. The van der Waals surface area contributed by atoms with E-state index in [1.165, 1.54) is 0 Å². The van der Waals surface area contributed by atoms with Crippen molar-refractivity contribution in [1.29, 1.82) is 0 Å². The van der Waals surface area contributed by atoms with E-state index in [1.54, 1.807) is 13.3 Å². The molecule has 25 heavy (non-hydrogen) atoms. The maximum absolute atomic E-state index is 5.33. The third kappa shape index (κ3) is 7.81. The molecule has 0 saturated carbocycles. The van der Waals surface area contributed by atoms with Crippen LogP contribution in [0.5, 0.6) is 0 Å². The average molecular weight is 456 g/mol. The number of hydrogen-bond acceptors (Lipinski definition) is 3. The number of guanidine groups is 1. The van der Waals surface area contributed by atoms with Crippen LogP contribution < -0.4 is 16.0 Å². The van der Waals surface area contributed by atoms with E-state index >= 15 is 0 Å². The lowest BCUT2D eigenvalue weighted by Crippen LogP contribution is -2.45. The lowest BCUT2D eigenvalue weighted by atomic mass is 10.0. The summed E-state index contributed by atoms with van der Waals surface area (Å²) in [5, 5.41) is 10.3. The van der Waals surface area contributed by atoms with Crippen LogP contribution in [0.3, 0.4) is 0 Å². The highest BCUT2D eigenvalue weighted by Gasteiger charge is 2.13. The first-order chi connectivity index (χ1) is 11.7. The molecule has 1 aromatic heterocycles. The molecule has 0 aliphatic carbocycles. The summed E-state index contributed by atoms with van der Waals surface area (Å²) in [6, 6.07) is 14.5. The standard InChI is InChI=1S/C19H28N4O.HI/c1-15(2)18(23-16-8-5-4-6-9-16)14-22-19(20-3)21-12-11-17-10-7-13-24-17;/h4-10,13,15,18,23H,11-12,14H2,1-3H3,(H2,20,21,22);1H. The second-order valence-electron chi connectivity index (χ2n) is 6.07. The number of anilines is 1. The average Bonchev–Trinajstić information content (AvgIpc) is 3.10. The fourth-order valence-electron chi connectivity index (χ4n) is 2.39. The molecule has 0 aliphatic rings. The zero-order valence-electron chi connectivity index (χ0n) is 15.2. The Bertz CT molecular complexity index is 599. The zero-order chi connectivity index (χ0) is 17.2. The third-order valence-electron chi connectivity index (χ3n) is 3.89. The number of furan rings is 1. The monoisotopic (exact) mass is 456 g/mol. The summed E-state index contributed by atoms with van der Waals surface area (Å²) in [6.45, 7) is 6.02. The molecule has 0 spiro atoms. The molecule has 0 saturated heterocycles. The lowest BCUT2D eigenvalue weighted by molar-refractivity contribution is 0.502. The molecule has 1 unspecified atom stereocenters. The molecule has 1 atom stereocenters. The minimum absolute atomic E-state index is 0. The summed E-state index contributed by atoms with van der Waals surface area (Å²) in [5.74, 6) is 2.28. The number of benzene rings is 1. The quantitative estimate of drug-likeness (QED) is 0.322. The Balaban J connectivity index is 0.00000312. The van der Waals surface area contributed by atoms with E-state index in [2.05, 4.69) is 46.9 Å². The van der Waals surface area contributed by atoms with Crippen LogP contribution in [0.25, 0.3) is 0 Å². The Morgan fingerprint density at radius 2 is 1.84 bits per heavy atom. The summed E-state index contributed by atoms with van der Waals surface area (Å²) in [7, 11) is 1.79. The van der Waals surface area contributed by atoms with Crippen molar-refractivity contribution in [3.8, 4) is 0 Å². The maximum Gasteiger partial charge on any atom is 0.191 e. The molecule has 0 aliphatic heterocycles. The summed E-state index contributed by atoms with van der Waals surface area (Å²) < 4.78 is 5.33. The fourth-order valence-corrected chi connectivity index (χ4v) is 2.39. The van der Waals surface area contributed by atoms with Gasteiger partial charge in [-0.2, -0.15) is 0 Å². The predicted octanol–water partition coefficient (Wildman–Crippen LogP) is 3.74. The van der Waals surface area contributed by atoms with Gasteiger partial charge in [-0.15, -0.1) is 24.0 Å². The summed E-state index contributed by atoms with van der Waals surface area (Å²) in [6.07, 6.45) is 2.54. The van der Waals surface area contributed by atoms with Crippen molar-refractivity contribution in [2.45, 2.75) is 26.3 Å². The highest BCUT2D eigenvalue weighted by Crippen LogP contribution is 2.11. The molecule has 0 radical (unpaired) electrons. The smallest absolute Gasteiger partial charge is 0.191 e. The molecule has 3 N–H and O–H groups in total. The highest BCUT2D eigenvalue weighted by atomic mass is 127. The van der Waals surface area contributed by atoms with Crippen LogP contribution in [0, 0.1) is 5.92 Å². The van der Waals surface area contributed by atoms with Gasteiger partial charge in [-0.1, -0.05) is 32.0 Å². The van der Waals surface area contributed by atoms with Crippen molar-refractivity contribution in [3.63, 3.8) is 0 Å². The Labute approximate surface area is 167 Å². The number of aliphatic imine (C=N–C) groups is 1. The van der Waals surface area contributed by atoms with Gasteiger partial charge < -0.3 is 20.4 Å². The first-order valence-corrected chi connectivity index (χ1v) is 8.47. The first kappa shape index (κ1) is 21.3. The molecular weight excluding hydrogens is 427 g/mol. The van der Waals surface area contributed by atoms with Gasteiger partial charge >= 0.3 is 0 Å². The number of rotatable bonds is 8. The van der Waals surface area contributed by atoms with Crippen LogP contribution >= 0.6 is 24.0 Å². The van der Waals surface area contributed by atoms with Crippen LogP contribution in [0.2, 0.25) is 0 Å². The van der Waals surface area contributed by atoms with E-state index in [4.69, 9.17) is 4.42 Å². The van der Waals surface area contributed by atoms with Crippen molar-refractivity contribution < 1.29 is 4.42 Å². The molecule has 138 valence electrons. The molecule has 0 amide bonds. The Hall–Kier alpha value is -1.70. The third-order valence-corrected chi connectivity index (χ3v) is 3.89. The normalized spacial score (nSPS) is 12.4. The number of nitrogens with zero attached hydrogens (tertiary/aromatic N) is 1. The highest BCUT2D eigenvalue weighted by molar-refractivity contribution is 14.0. The first-order valence-electron chi connectivity index (χ1n) is 8.47. The maximum atomic E-state index is 5.33. The van der Waals surface area contributed by atoms with E-state index in [1.807, 2.05) is 30.3 Å². The van der Waals surface area contributed by atoms with Crippen molar-refractivity contribution in [2.75, 3.05) is 25.5 Å². The van der Waals surface area contributed by atoms with Crippen LogP contribution in [-0.4, -0.2) is 32.1 Å². The molecule has 6 heteroatoms. The van der Waals surface area contributed by atoms with Crippen molar-refractivity contribution in [1.82, 2.24) is 10.6 Å². The van der Waals surface area contributed by atoms with E-state index < -0.39 is 0 Å². The van der Waals surface area contributed by atoms with Gasteiger partial charge in [0.2, 0.25) is 0 Å². The van der Waals surface area contributed by atoms with E-state index in [0.29, 0.717) is 12.0 Å². The number of halogens is 1. The second kappa shape index (κ2) is 11.8. The van der Waals surface area contributed by atoms with Crippen molar-refractivity contribution in [3.05, 3.63) is 54.5 Å². The molecular formula is C19H29IN4O. The number of hydrogen-bond donors (Lipinski definition) is 3. The van der Waals surface area contributed by atoms with Crippen LogP contribution in [0.15, 0.2) is 58.1 Å². The molecule has 1 heterocycles. The van der Waals surface area contributed by atoms with Gasteiger partial charge in [-0.25, -0.2) is 0 Å². The lowest BCUT2D eigenvalue weighted by Gasteiger charge is -2.25. The number of nitrogens with one attached hydrogen (secondary N) is 3. The summed E-state index contributed by atoms with van der Waals surface area (Å²) >= 11 is 0. The topological polar surface area (TPSA) is 61.6 Å². The van der Waals surface area contributed by atoms with Crippen molar-refractivity contribution >= 4 is 35.6 Å². The second-order valence-corrected chi connectivity index (χ2v) is 6.07. The summed E-state index contributed by atoms with van der Waals surface area (Å²) in [5.41, 5.74) is 1.14. The van der Waals surface area contributed by atoms with E-state index in [9.17, 15) is 0 Å². The van der Waals surface area contributed by atoms with E-state index in [-0.39, 0.29) is 24.0 Å². The zero-order valence-corrected chi connectivity index (χ0v) is 17.5. The van der Waals surface area contributed by atoms with Gasteiger partial charge in [-0.05, 0) is 30.2 Å². The number of para-hydroxylation sites is 1. The molecule has 5 nitrogen and oxygen atoms in total. The predicted molar refractivity (Wildman–Crippen MR) is 116 cm³/mol. The van der Waals surface area contributed by atoms with Crippen molar-refractivity contribution in [2.24, 2.45) is 10.9 Å². The molecule has 0 fully saturated rings. The minimum atomic E-state index is 0. The van der Waals surface area contributed by atoms with Crippen LogP contribution in [0.4, 0.5) is 5.69 Å². The Morgan fingerprint density at radius 1 is 1.08 bits per heavy atom. The van der Waals surface area contributed by atoms with E-state index in [0.717, 1.165) is 36.9 Å². The van der Waals surface area contributed by atoms with Gasteiger partial charge in [0, 0.05) is 38.3 Å². The molecule has 2 rings (SSSR count). The van der Waals surface area contributed by atoms with Gasteiger partial charge in [0.1, 0.15) is 5.76 Å². The Kier molecular flexibility index (Phi) is 10.1. The van der Waals surface area contributed by atoms with Gasteiger partial charge in [-0.3, -0.25) is 4.99 Å². The van der Waals surface area contributed by atoms with Crippen LogP contribution in [0.1, 0.15) is 19.6 Å². The summed E-state index contributed by atoms with van der Waals surface area (Å²) in [4.78, 5) is 4.28. The fraction of sp³-hybridized carbons (Fsp3) is 0.421.